The molecule has 0 aliphatic carbocycles. The van der Waals surface area contributed by atoms with Gasteiger partial charge in [-0.3, -0.25) is 0 Å². The number of aliphatic hydroxyl groups excluding tert-OH is 2. The van der Waals surface area contributed by atoms with Gasteiger partial charge in [0.05, 0.1) is 72.0 Å². The van der Waals surface area contributed by atoms with Crippen molar-refractivity contribution in [2.24, 2.45) is 0 Å². The van der Waals surface area contributed by atoms with Crippen molar-refractivity contribution in [3.63, 3.8) is 0 Å². The van der Waals surface area contributed by atoms with Gasteiger partial charge in [0.25, 0.3) is 0 Å². The third-order valence-electron chi connectivity index (χ3n) is 22.5. The molecule has 4 heterocycles. The Hall–Kier alpha value is -14.6. The van der Waals surface area contributed by atoms with E-state index >= 15 is 24.0 Å². The summed E-state index contributed by atoms with van der Waals surface area (Å²) in [6, 6.07) is 86.6. The van der Waals surface area contributed by atoms with E-state index in [4.69, 9.17) is 85.3 Å². The number of nitrogens with one attached hydrogen (secondary N) is 1. The number of alkyl carbamates (subject to hydrolysis) is 1. The average molecular weight is 1870 g/mol. The predicted octanol–water partition coefficient (Wildman–Crippen LogP) is 11.7. The minimum Gasteiger partial charge on any atom is -0.479 e. The van der Waals surface area contributed by atoms with Gasteiger partial charge in [0.1, 0.15) is 48.8 Å². The molecule has 5 N–H and O–H groups in total. The summed E-state index contributed by atoms with van der Waals surface area (Å²) in [7, 11) is 0. The minimum absolute atomic E-state index is 0.0598. The number of hydrogen-bond donors (Lipinski definition) is 5. The Morgan fingerprint density at radius 3 is 0.898 bits per heavy atom. The lowest BCUT2D eigenvalue weighted by atomic mass is 9.94. The molecule has 4 saturated heterocycles. The van der Waals surface area contributed by atoms with Crippen LogP contribution in [-0.2, 0) is 114 Å². The number of esters is 7. The second kappa shape index (κ2) is 47.6. The van der Waals surface area contributed by atoms with Gasteiger partial charge in [0, 0.05) is 13.0 Å². The van der Waals surface area contributed by atoms with Gasteiger partial charge in [-0.15, -0.1) is 0 Å². The van der Waals surface area contributed by atoms with E-state index in [2.05, 4.69) is 5.32 Å². The van der Waals surface area contributed by atoms with Gasteiger partial charge in [-0.1, -0.05) is 249 Å². The normalized spacial score (nSPS) is 24.7. The van der Waals surface area contributed by atoms with Crippen LogP contribution in [0.1, 0.15) is 101 Å². The minimum atomic E-state index is -2.64. The van der Waals surface area contributed by atoms with Crippen LogP contribution in [-0.4, -0.2) is 229 Å². The molecule has 21 atom stereocenters. The molecule has 11 aromatic carbocycles. The highest BCUT2D eigenvalue weighted by Crippen LogP contribution is 2.42. The third kappa shape index (κ3) is 25.5. The van der Waals surface area contributed by atoms with E-state index in [1.54, 1.807) is 115 Å². The van der Waals surface area contributed by atoms with Gasteiger partial charge in [-0.25, -0.2) is 47.9 Å². The zero-order chi connectivity index (χ0) is 95.5. The van der Waals surface area contributed by atoms with Crippen molar-refractivity contribution in [3.05, 3.63) is 395 Å². The molecule has 1 amide bonds. The zero-order valence-corrected chi connectivity index (χ0v) is 73.0. The van der Waals surface area contributed by atoms with Gasteiger partial charge in [-0.2, -0.15) is 0 Å². The summed E-state index contributed by atoms with van der Waals surface area (Å²) in [4.78, 5) is 148. The van der Waals surface area contributed by atoms with Crippen LogP contribution >= 0.6 is 0 Å². The first-order valence-corrected chi connectivity index (χ1v) is 43.9. The van der Waals surface area contributed by atoms with Crippen LogP contribution in [0, 0.1) is 0 Å². The Kier molecular flexibility index (Phi) is 33.7. The fraction of sp³-hybridized carbons (Fsp3) is 0.269. The van der Waals surface area contributed by atoms with E-state index in [1.165, 1.54) is 170 Å². The fourth-order valence-corrected chi connectivity index (χ4v) is 15.7. The third-order valence-corrected chi connectivity index (χ3v) is 22.5. The second-order valence-corrected chi connectivity index (χ2v) is 31.8. The Balaban J connectivity index is 0.857. The van der Waals surface area contributed by atoms with Crippen molar-refractivity contribution in [1.82, 2.24) is 5.32 Å². The monoisotopic (exact) mass is 1870 g/mol. The molecular weight excluding hydrogens is 1780 g/mol. The van der Waals surface area contributed by atoms with Gasteiger partial charge in [-0.05, 0) is 107 Å². The Morgan fingerprint density at radius 2 is 0.555 bits per heavy atom. The average Bonchev–Trinajstić information content (AvgIpc) is 0.751. The highest BCUT2D eigenvalue weighted by molar-refractivity contribution is 5.93. The molecule has 33 heteroatoms. The smallest absolute Gasteiger partial charge is 0.407 e. The molecule has 708 valence electrons. The van der Waals surface area contributed by atoms with Crippen molar-refractivity contribution < 1.29 is 154 Å². The van der Waals surface area contributed by atoms with Crippen molar-refractivity contribution in [2.45, 2.75) is 149 Å². The van der Waals surface area contributed by atoms with Crippen LogP contribution in [0.25, 0.3) is 0 Å². The van der Waals surface area contributed by atoms with Gasteiger partial charge < -0.3 is 111 Å². The molecule has 33 nitrogen and oxygen atoms in total. The molecule has 11 aromatic rings. The van der Waals surface area contributed by atoms with Gasteiger partial charge in [0.2, 0.25) is 0 Å². The topological polar surface area (TPSA) is 430 Å². The zero-order valence-electron chi connectivity index (χ0n) is 73.0. The number of aliphatic carboxylic acids is 2. The molecule has 0 radical (unpaired) electrons. The summed E-state index contributed by atoms with van der Waals surface area (Å²) in [6.45, 7) is -2.63. The molecule has 0 spiro atoms. The molecule has 0 saturated carbocycles. The molecule has 1 unspecified atom stereocenters. The summed E-state index contributed by atoms with van der Waals surface area (Å²) in [5.41, 5.74) is 1.67. The van der Waals surface area contributed by atoms with Crippen LogP contribution in [0.15, 0.2) is 334 Å². The van der Waals surface area contributed by atoms with E-state index in [-0.39, 0.29) is 65.1 Å². The van der Waals surface area contributed by atoms with E-state index < -0.39 is 209 Å². The number of carboxylic acid groups (broad SMARTS) is 2. The second-order valence-electron chi connectivity index (χ2n) is 31.8. The first kappa shape index (κ1) is 97.0. The molecule has 0 bridgehead atoms. The maximum Gasteiger partial charge on any atom is 0.407 e. The number of carbonyl (C=O) groups excluding carboxylic acids is 8. The molecule has 4 fully saturated rings. The number of hydrogen-bond acceptors (Lipinski definition) is 30. The quantitative estimate of drug-likeness (QED) is 0.0136. The van der Waals surface area contributed by atoms with Crippen molar-refractivity contribution in [1.29, 1.82) is 0 Å². The number of ether oxygens (including phenoxy) is 18. The van der Waals surface area contributed by atoms with Crippen LogP contribution in [0.2, 0.25) is 0 Å². The lowest BCUT2D eigenvalue weighted by Gasteiger charge is -2.50. The SMILES string of the molecule is O=C(NCCO[C@@H]1O[C@H](COCc2ccccc2)[C@@H](O[C@@H]2O[C@H](C(=O)O)[C@@H](O)[C@H](O[C@@H]3O[C@H](COCc4ccccc4)[C@@H](O[C@@H]4O[C@H](C(=O)O)[C@@H](O)[C@H](OC(=O)c5ccccc5)[C@H]4OC(=O)c4ccccc4)[C@H](OC(=O)c4ccccc4)[C@H]3OC(=O)c3ccccc3)[C@H]2OC(=O)c2ccccc2)[C@H](OC(=O)c2ccccc2)[C@H]1OC(=O)c1ccccc1)OC(Cc1ccccc1)c1ccccc1. The first-order chi connectivity index (χ1) is 66.7. The number of amides is 1. The summed E-state index contributed by atoms with van der Waals surface area (Å²) in [5.74, 6) is -12.1. The fourth-order valence-electron chi connectivity index (χ4n) is 15.7. The highest BCUT2D eigenvalue weighted by atomic mass is 16.8. The van der Waals surface area contributed by atoms with Gasteiger partial charge in [0.15, 0.2) is 80.1 Å². The molecule has 4 aliphatic rings. The molecular formula is C104H95NO32. The van der Waals surface area contributed by atoms with E-state index in [0.29, 0.717) is 16.7 Å². The van der Waals surface area contributed by atoms with Crippen molar-refractivity contribution in [2.75, 3.05) is 26.4 Å². The maximum absolute atomic E-state index is 15.4. The summed E-state index contributed by atoms with van der Waals surface area (Å²) >= 11 is 0. The molecule has 15 rings (SSSR count). The molecule has 137 heavy (non-hydrogen) atoms. The largest absolute Gasteiger partial charge is 0.479 e. The molecule has 4 aliphatic heterocycles. The summed E-state index contributed by atoms with van der Waals surface area (Å²) < 4.78 is 118. The standard InChI is InChI=1S/C104H95NO32/c106-77-81(126-93(112)67-42-20-5-21-43-67)87(129-96(115)70-48-26-8-27-49-70)102(136-83(77)91(108)109)134-80-76(62-121-60-65-38-16-3-17-39-65)124-101(90(132-99(118)73-54-32-11-33-55-73)86(80)128-95(114)69-46-24-7-25-47-69)135-82-78(107)84(92(110)111)137-103(88(82)130-97(116)71-50-28-9-29-51-71)133-79-75(61-120-59-64-36-14-2-15-37-64)123-100(89(131-98(117)72-52-30-10-31-53-72)85(79)127-94(113)68-44-22-6-23-45-68)122-57-56-105-104(119)125-74(66-40-18-4-19-41-66)58-63-34-12-1-13-35-63/h1-55,74-90,100-103,106-107H,56-62H2,(H,105,119)(H,108,109)(H,110,111)/t74?,75-,76-,77+,78+,79-,80-,81+,82+,83+,84+,85+,86+,87-,88-,89-,90-,100-,101+,102-,103-/m1/s1. The number of rotatable bonds is 38. The number of benzene rings is 11. The number of carboxylic acids is 2. The van der Waals surface area contributed by atoms with Gasteiger partial charge >= 0.3 is 59.8 Å². The Morgan fingerprint density at radius 1 is 0.292 bits per heavy atom. The van der Waals surface area contributed by atoms with Crippen LogP contribution in [0.3, 0.4) is 0 Å². The van der Waals surface area contributed by atoms with Crippen LogP contribution in [0.5, 0.6) is 0 Å². The van der Waals surface area contributed by atoms with E-state index in [0.717, 1.165) is 5.56 Å². The highest BCUT2D eigenvalue weighted by Gasteiger charge is 2.62. The number of aliphatic hydroxyl groups is 2. The van der Waals surface area contributed by atoms with Crippen LogP contribution in [0.4, 0.5) is 4.79 Å². The lowest BCUT2D eigenvalue weighted by molar-refractivity contribution is -0.384. The van der Waals surface area contributed by atoms with Crippen molar-refractivity contribution >= 4 is 59.8 Å². The molecule has 0 aromatic heterocycles. The first-order valence-electron chi connectivity index (χ1n) is 43.9. The Labute approximate surface area is 784 Å². The Bertz CT molecular complexity index is 5780. The summed E-state index contributed by atoms with van der Waals surface area (Å²) in [6.07, 6.45) is -47.0. The maximum atomic E-state index is 15.4. The van der Waals surface area contributed by atoms with E-state index in [9.17, 15) is 44.4 Å². The van der Waals surface area contributed by atoms with Crippen molar-refractivity contribution in [3.8, 4) is 0 Å². The van der Waals surface area contributed by atoms with E-state index in [1.807, 2.05) is 48.5 Å². The predicted molar refractivity (Wildman–Crippen MR) is 478 cm³/mol. The van der Waals surface area contributed by atoms with Crippen LogP contribution < -0.4 is 5.32 Å². The summed E-state index contributed by atoms with van der Waals surface area (Å²) in [5, 5.41) is 50.8. The lowest BCUT2D eigenvalue weighted by Crippen LogP contribution is -2.69. The number of carbonyl (C=O) groups is 10.